The Morgan fingerprint density at radius 3 is 2.88 bits per heavy atom. The number of hydrogen-bond acceptors (Lipinski definition) is 4. The number of nitrogens with one attached hydrogen (secondary N) is 1. The lowest BCUT2D eigenvalue weighted by molar-refractivity contribution is -0.118. The first kappa shape index (κ1) is 12.4. The molecule has 2 rings (SSSR count). The molecule has 0 spiro atoms. The zero-order valence-electron chi connectivity index (χ0n) is 9.98. The maximum Gasteiger partial charge on any atom is 0.228 e. The van der Waals surface area contributed by atoms with Crippen molar-refractivity contribution in [3.63, 3.8) is 0 Å². The predicted molar refractivity (Wildman–Crippen MR) is 74.9 cm³/mol. The molecule has 0 unspecified atom stereocenters. The maximum atomic E-state index is 11.6. The summed E-state index contributed by atoms with van der Waals surface area (Å²) in [7, 11) is 0. The van der Waals surface area contributed by atoms with Crippen molar-refractivity contribution in [3.8, 4) is 0 Å². The Kier molecular flexibility index (Phi) is 3.69. The number of hydrogen-bond donors (Lipinski definition) is 1. The molecule has 1 amide bonds. The van der Waals surface area contributed by atoms with Gasteiger partial charge >= 0.3 is 0 Å². The molecule has 1 aromatic carbocycles. The molecule has 0 atom stereocenters. The number of rotatable bonds is 3. The van der Waals surface area contributed by atoms with Crippen LogP contribution in [0.1, 0.15) is 13.8 Å². The molecule has 1 heterocycles. The normalized spacial score (nSPS) is 11.1. The van der Waals surface area contributed by atoms with E-state index in [1.807, 2.05) is 32.2 Å². The molecule has 3 nitrogen and oxygen atoms in total. The predicted octanol–water partition coefficient (Wildman–Crippen LogP) is 3.61. The summed E-state index contributed by atoms with van der Waals surface area (Å²) in [5, 5.41) is 3.51. The molecule has 1 N–H and O–H groups in total. The standard InChI is InChI=1S/C12H14N2OS2/c1-7(2)11(15)14-12-13-9-5-4-8(16-3)6-10(9)17-12/h4-7H,1-3H3,(H,13,14,15). The van der Waals surface area contributed by atoms with Crippen LogP contribution in [0.4, 0.5) is 5.13 Å². The number of aromatic nitrogens is 1. The van der Waals surface area contributed by atoms with Crippen molar-refractivity contribution in [3.05, 3.63) is 18.2 Å². The van der Waals surface area contributed by atoms with E-state index in [0.717, 1.165) is 10.2 Å². The first-order valence-electron chi connectivity index (χ1n) is 5.35. The lowest BCUT2D eigenvalue weighted by Crippen LogP contribution is -2.17. The molecule has 0 fully saturated rings. The van der Waals surface area contributed by atoms with E-state index in [1.54, 1.807) is 11.8 Å². The molecule has 0 aliphatic carbocycles. The molecular formula is C12H14N2OS2. The molecule has 1 aromatic heterocycles. The summed E-state index contributed by atoms with van der Waals surface area (Å²) >= 11 is 3.22. The highest BCUT2D eigenvalue weighted by Gasteiger charge is 2.10. The number of benzene rings is 1. The van der Waals surface area contributed by atoms with Gasteiger partial charge in [-0.15, -0.1) is 11.8 Å². The number of anilines is 1. The van der Waals surface area contributed by atoms with Crippen LogP contribution in [0.25, 0.3) is 10.2 Å². The van der Waals surface area contributed by atoms with Crippen LogP contribution < -0.4 is 5.32 Å². The molecule has 17 heavy (non-hydrogen) atoms. The molecule has 2 aromatic rings. The van der Waals surface area contributed by atoms with Gasteiger partial charge in [-0.2, -0.15) is 0 Å². The Labute approximate surface area is 109 Å². The van der Waals surface area contributed by atoms with E-state index in [2.05, 4.69) is 16.4 Å². The fraction of sp³-hybridized carbons (Fsp3) is 0.333. The van der Waals surface area contributed by atoms with Crippen LogP contribution in [0.5, 0.6) is 0 Å². The summed E-state index contributed by atoms with van der Waals surface area (Å²) < 4.78 is 1.11. The van der Waals surface area contributed by atoms with E-state index >= 15 is 0 Å². The Balaban J connectivity index is 2.28. The summed E-state index contributed by atoms with van der Waals surface area (Å²) in [5.74, 6) is -0.0158. The maximum absolute atomic E-state index is 11.6. The van der Waals surface area contributed by atoms with E-state index in [4.69, 9.17) is 0 Å². The summed E-state index contributed by atoms with van der Waals surface area (Å²) in [6.07, 6.45) is 2.05. The van der Waals surface area contributed by atoms with E-state index < -0.39 is 0 Å². The SMILES string of the molecule is CSc1ccc2nc(NC(=O)C(C)C)sc2c1. The number of thioether (sulfide) groups is 1. The summed E-state index contributed by atoms with van der Waals surface area (Å²) in [5.41, 5.74) is 0.937. The highest BCUT2D eigenvalue weighted by Crippen LogP contribution is 2.29. The van der Waals surface area contributed by atoms with Gasteiger partial charge in [-0.25, -0.2) is 4.98 Å². The molecule has 0 aliphatic heterocycles. The number of carbonyl (C=O) groups excluding carboxylic acids is 1. The van der Waals surface area contributed by atoms with Crippen LogP contribution in [-0.4, -0.2) is 17.1 Å². The van der Waals surface area contributed by atoms with Crippen LogP contribution in [0, 0.1) is 5.92 Å². The minimum Gasteiger partial charge on any atom is -0.302 e. The first-order valence-corrected chi connectivity index (χ1v) is 7.39. The van der Waals surface area contributed by atoms with Gasteiger partial charge in [0.2, 0.25) is 5.91 Å². The highest BCUT2D eigenvalue weighted by molar-refractivity contribution is 7.98. The van der Waals surface area contributed by atoms with Gasteiger partial charge in [0.15, 0.2) is 5.13 Å². The first-order chi connectivity index (χ1) is 8.10. The number of amides is 1. The minimum atomic E-state index is -0.0243. The zero-order valence-corrected chi connectivity index (χ0v) is 11.6. The van der Waals surface area contributed by atoms with Gasteiger partial charge in [0.05, 0.1) is 10.2 Å². The zero-order chi connectivity index (χ0) is 12.4. The average Bonchev–Trinajstić information content (AvgIpc) is 2.69. The summed E-state index contributed by atoms with van der Waals surface area (Å²) in [6, 6.07) is 6.13. The molecular weight excluding hydrogens is 252 g/mol. The number of carbonyl (C=O) groups is 1. The van der Waals surface area contributed by atoms with Crippen molar-refractivity contribution < 1.29 is 4.79 Å². The van der Waals surface area contributed by atoms with Gasteiger partial charge in [-0.3, -0.25) is 4.79 Å². The van der Waals surface area contributed by atoms with Gasteiger partial charge in [0.25, 0.3) is 0 Å². The highest BCUT2D eigenvalue weighted by atomic mass is 32.2. The van der Waals surface area contributed by atoms with E-state index in [1.165, 1.54) is 16.2 Å². The number of fused-ring (bicyclic) bond motifs is 1. The molecule has 90 valence electrons. The van der Waals surface area contributed by atoms with Gasteiger partial charge < -0.3 is 5.32 Å². The second kappa shape index (κ2) is 5.06. The quantitative estimate of drug-likeness (QED) is 0.863. The Morgan fingerprint density at radius 1 is 1.47 bits per heavy atom. The van der Waals surface area contributed by atoms with Gasteiger partial charge in [-0.05, 0) is 24.5 Å². The van der Waals surface area contributed by atoms with Crippen LogP contribution in [0.3, 0.4) is 0 Å². The smallest absolute Gasteiger partial charge is 0.228 e. The van der Waals surface area contributed by atoms with E-state index in [0.29, 0.717) is 5.13 Å². The van der Waals surface area contributed by atoms with Crippen LogP contribution in [0.15, 0.2) is 23.1 Å². The third-order valence-corrected chi connectivity index (χ3v) is 4.01. The molecule has 0 radical (unpaired) electrons. The van der Waals surface area contributed by atoms with Gasteiger partial charge in [0.1, 0.15) is 0 Å². The monoisotopic (exact) mass is 266 g/mol. The van der Waals surface area contributed by atoms with Crippen molar-refractivity contribution in [1.29, 1.82) is 0 Å². The van der Waals surface area contributed by atoms with Gasteiger partial charge in [0, 0.05) is 10.8 Å². The summed E-state index contributed by atoms with van der Waals surface area (Å²) in [4.78, 5) is 17.2. The molecule has 0 bridgehead atoms. The fourth-order valence-corrected chi connectivity index (χ4v) is 2.76. The lowest BCUT2D eigenvalue weighted by atomic mass is 10.2. The third-order valence-electron chi connectivity index (χ3n) is 2.35. The fourth-order valence-electron chi connectivity index (χ4n) is 1.34. The second-order valence-electron chi connectivity index (χ2n) is 4.00. The number of thiazole rings is 1. The lowest BCUT2D eigenvalue weighted by Gasteiger charge is -2.02. The van der Waals surface area contributed by atoms with Crippen LogP contribution in [0.2, 0.25) is 0 Å². The second-order valence-corrected chi connectivity index (χ2v) is 5.91. The molecule has 0 saturated heterocycles. The van der Waals surface area contributed by atoms with Crippen molar-refractivity contribution in [2.45, 2.75) is 18.7 Å². The Morgan fingerprint density at radius 2 is 2.24 bits per heavy atom. The third kappa shape index (κ3) is 2.79. The molecule has 0 saturated carbocycles. The molecule has 0 aliphatic rings. The van der Waals surface area contributed by atoms with Crippen molar-refractivity contribution in [1.82, 2.24) is 4.98 Å². The average molecular weight is 266 g/mol. The van der Waals surface area contributed by atoms with E-state index in [-0.39, 0.29) is 11.8 Å². The van der Waals surface area contributed by atoms with Gasteiger partial charge in [-0.1, -0.05) is 25.2 Å². The van der Waals surface area contributed by atoms with Crippen molar-refractivity contribution >= 4 is 44.4 Å². The Hall–Kier alpha value is -1.07. The van der Waals surface area contributed by atoms with Crippen LogP contribution in [-0.2, 0) is 4.79 Å². The van der Waals surface area contributed by atoms with E-state index in [9.17, 15) is 4.79 Å². The Bertz CT molecular complexity index is 548. The molecule has 5 heteroatoms. The van der Waals surface area contributed by atoms with Crippen molar-refractivity contribution in [2.24, 2.45) is 5.92 Å². The van der Waals surface area contributed by atoms with Crippen molar-refractivity contribution in [2.75, 3.05) is 11.6 Å². The topological polar surface area (TPSA) is 42.0 Å². The minimum absolute atomic E-state index is 0.00847. The van der Waals surface area contributed by atoms with Crippen LogP contribution >= 0.6 is 23.1 Å². The number of nitrogens with zero attached hydrogens (tertiary/aromatic N) is 1. The summed E-state index contributed by atoms with van der Waals surface area (Å²) in [6.45, 7) is 3.74. The largest absolute Gasteiger partial charge is 0.302 e.